The van der Waals surface area contributed by atoms with Gasteiger partial charge in [-0.2, -0.15) is 0 Å². The summed E-state index contributed by atoms with van der Waals surface area (Å²) in [7, 11) is -3.15. The first-order valence-electron chi connectivity index (χ1n) is 5.43. The third-order valence-electron chi connectivity index (χ3n) is 2.71. The van der Waals surface area contributed by atoms with Crippen LogP contribution in [0.15, 0.2) is 18.3 Å². The minimum absolute atomic E-state index is 0.190. The third kappa shape index (κ3) is 2.16. The maximum Gasteiger partial charge on any atom is 0.214 e. The number of H-pyrrole nitrogens is 1. The Bertz CT molecular complexity index is 612. The van der Waals surface area contributed by atoms with Crippen molar-refractivity contribution in [1.29, 1.82) is 0 Å². The summed E-state index contributed by atoms with van der Waals surface area (Å²) in [6.07, 6.45) is 3.18. The molecule has 1 aliphatic rings. The van der Waals surface area contributed by atoms with E-state index >= 15 is 0 Å². The van der Waals surface area contributed by atoms with E-state index in [1.54, 1.807) is 12.3 Å². The van der Waals surface area contributed by atoms with E-state index in [4.69, 9.17) is 0 Å². The molecule has 1 aliphatic carbocycles. The van der Waals surface area contributed by atoms with Crippen molar-refractivity contribution >= 4 is 21.2 Å². The molecule has 3 rings (SSSR count). The highest BCUT2D eigenvalue weighted by Crippen LogP contribution is 2.27. The van der Waals surface area contributed by atoms with Gasteiger partial charge in [0.05, 0.1) is 17.3 Å². The van der Waals surface area contributed by atoms with Gasteiger partial charge in [0.1, 0.15) is 5.82 Å². The Hall–Kier alpha value is -1.47. The normalized spacial score (nSPS) is 16.5. The first kappa shape index (κ1) is 10.7. The van der Waals surface area contributed by atoms with Crippen LogP contribution in [0, 0.1) is 0 Å². The molecule has 2 aromatic heterocycles. The summed E-state index contributed by atoms with van der Waals surface area (Å²) in [5.41, 5.74) is 1.42. The van der Waals surface area contributed by atoms with Gasteiger partial charge in [0.25, 0.3) is 0 Å². The molecule has 7 heteroatoms. The van der Waals surface area contributed by atoms with E-state index in [0.29, 0.717) is 11.5 Å². The Morgan fingerprint density at radius 2 is 2.29 bits per heavy atom. The van der Waals surface area contributed by atoms with Gasteiger partial charge in [-0.1, -0.05) is 0 Å². The van der Waals surface area contributed by atoms with E-state index < -0.39 is 10.0 Å². The molecule has 6 nitrogen and oxygen atoms in total. The van der Waals surface area contributed by atoms with Crippen molar-refractivity contribution in [2.45, 2.75) is 24.6 Å². The van der Waals surface area contributed by atoms with E-state index in [9.17, 15) is 8.42 Å². The largest absolute Gasteiger partial charge is 0.339 e. The fourth-order valence-electron chi connectivity index (χ4n) is 1.64. The number of aromatic nitrogens is 3. The van der Waals surface area contributed by atoms with Crippen molar-refractivity contribution in [3.63, 3.8) is 0 Å². The predicted molar refractivity (Wildman–Crippen MR) is 62.7 cm³/mol. The summed E-state index contributed by atoms with van der Waals surface area (Å²) < 4.78 is 25.8. The van der Waals surface area contributed by atoms with Gasteiger partial charge in [0.15, 0.2) is 5.65 Å². The summed E-state index contributed by atoms with van der Waals surface area (Å²) >= 11 is 0. The number of nitrogens with zero attached hydrogens (tertiary/aromatic N) is 2. The number of hydrogen-bond acceptors (Lipinski definition) is 4. The second-order valence-corrected chi connectivity index (χ2v) is 6.17. The van der Waals surface area contributed by atoms with Crippen molar-refractivity contribution in [1.82, 2.24) is 19.7 Å². The van der Waals surface area contributed by atoms with Crippen molar-refractivity contribution in [2.75, 3.05) is 0 Å². The zero-order chi connectivity index (χ0) is 11.9. The Kier molecular flexibility index (Phi) is 2.37. The summed E-state index contributed by atoms with van der Waals surface area (Å²) in [6, 6.07) is 3.66. The molecule has 0 amide bonds. The SMILES string of the molecule is O=S(=O)(NCc1nc2ncccc2[nH]1)C1CC1. The lowest BCUT2D eigenvalue weighted by atomic mass is 10.4. The highest BCUT2D eigenvalue weighted by Gasteiger charge is 2.35. The molecule has 2 heterocycles. The zero-order valence-corrected chi connectivity index (χ0v) is 9.87. The maximum absolute atomic E-state index is 11.6. The van der Waals surface area contributed by atoms with Crippen LogP contribution in [0.4, 0.5) is 0 Å². The standard InChI is InChI=1S/C10H12N4O2S/c15-17(16,7-3-4-7)12-6-9-13-8-2-1-5-11-10(8)14-9/h1-2,5,7,12H,3-4,6H2,(H,11,13,14). The molecule has 2 N–H and O–H groups in total. The van der Waals surface area contributed by atoms with Gasteiger partial charge in [-0.25, -0.2) is 23.1 Å². The Balaban J connectivity index is 1.76. The van der Waals surface area contributed by atoms with Gasteiger partial charge in [-0.05, 0) is 25.0 Å². The van der Waals surface area contributed by atoms with Crippen molar-refractivity contribution in [2.24, 2.45) is 0 Å². The van der Waals surface area contributed by atoms with Crippen molar-refractivity contribution in [3.05, 3.63) is 24.2 Å². The molecular weight excluding hydrogens is 240 g/mol. The van der Waals surface area contributed by atoms with Crippen LogP contribution in [0.1, 0.15) is 18.7 Å². The summed E-state index contributed by atoms with van der Waals surface area (Å²) in [5.74, 6) is 0.586. The molecule has 0 radical (unpaired) electrons. The third-order valence-corrected chi connectivity index (χ3v) is 4.61. The second-order valence-electron chi connectivity index (χ2n) is 4.12. The van der Waals surface area contributed by atoms with Crippen LogP contribution in [0.25, 0.3) is 11.2 Å². The lowest BCUT2D eigenvalue weighted by molar-refractivity contribution is 0.578. The van der Waals surface area contributed by atoms with E-state index in [1.807, 2.05) is 6.07 Å². The molecule has 1 saturated carbocycles. The first-order valence-corrected chi connectivity index (χ1v) is 6.98. The van der Waals surface area contributed by atoms with Crippen LogP contribution in [-0.4, -0.2) is 28.6 Å². The molecule has 0 spiro atoms. The number of imidazole rings is 1. The van der Waals surface area contributed by atoms with Crippen molar-refractivity contribution in [3.8, 4) is 0 Å². The predicted octanol–water partition coefficient (Wildman–Crippen LogP) is 0.540. The van der Waals surface area contributed by atoms with Gasteiger partial charge in [-0.15, -0.1) is 0 Å². The average molecular weight is 252 g/mol. The molecule has 0 saturated heterocycles. The molecular formula is C10H12N4O2S. The van der Waals surface area contributed by atoms with E-state index in [1.165, 1.54) is 0 Å². The molecule has 0 bridgehead atoms. The van der Waals surface area contributed by atoms with Crippen molar-refractivity contribution < 1.29 is 8.42 Å². The number of nitrogens with one attached hydrogen (secondary N) is 2. The van der Waals surface area contributed by atoms with Gasteiger partial charge < -0.3 is 4.98 Å². The average Bonchev–Trinajstić information content (AvgIpc) is 3.07. The number of hydrogen-bond donors (Lipinski definition) is 2. The second kappa shape index (κ2) is 3.78. The molecule has 2 aromatic rings. The fraction of sp³-hybridized carbons (Fsp3) is 0.400. The number of aromatic amines is 1. The monoisotopic (exact) mass is 252 g/mol. The number of pyridine rings is 1. The van der Waals surface area contributed by atoms with Gasteiger partial charge in [-0.3, -0.25) is 0 Å². The zero-order valence-electron chi connectivity index (χ0n) is 9.05. The van der Waals surface area contributed by atoms with E-state index in [-0.39, 0.29) is 11.8 Å². The quantitative estimate of drug-likeness (QED) is 0.831. The molecule has 1 fully saturated rings. The minimum atomic E-state index is -3.15. The van der Waals surface area contributed by atoms with E-state index in [2.05, 4.69) is 19.7 Å². The Labute approximate surface area is 98.5 Å². The van der Waals surface area contributed by atoms with Gasteiger partial charge >= 0.3 is 0 Å². The maximum atomic E-state index is 11.6. The summed E-state index contributed by atoms with van der Waals surface area (Å²) in [6.45, 7) is 0.190. The first-order chi connectivity index (χ1) is 8.15. The molecule has 0 aliphatic heterocycles. The lowest BCUT2D eigenvalue weighted by Crippen LogP contribution is -2.27. The Morgan fingerprint density at radius 1 is 1.47 bits per heavy atom. The molecule has 0 atom stereocenters. The number of rotatable bonds is 4. The Morgan fingerprint density at radius 3 is 3.00 bits per heavy atom. The van der Waals surface area contributed by atoms with Crippen LogP contribution >= 0.6 is 0 Å². The van der Waals surface area contributed by atoms with Crippen LogP contribution in [-0.2, 0) is 16.6 Å². The molecule has 0 unspecified atom stereocenters. The van der Waals surface area contributed by atoms with Crippen LogP contribution < -0.4 is 4.72 Å². The topological polar surface area (TPSA) is 87.7 Å². The summed E-state index contributed by atoms with van der Waals surface area (Å²) in [5, 5.41) is -0.204. The molecule has 17 heavy (non-hydrogen) atoms. The van der Waals surface area contributed by atoms with Gasteiger partial charge in [0.2, 0.25) is 10.0 Å². The number of sulfonamides is 1. The summed E-state index contributed by atoms with van der Waals surface area (Å²) in [4.78, 5) is 11.3. The molecule has 0 aromatic carbocycles. The highest BCUT2D eigenvalue weighted by atomic mass is 32.2. The minimum Gasteiger partial charge on any atom is -0.339 e. The van der Waals surface area contributed by atoms with Crippen LogP contribution in [0.2, 0.25) is 0 Å². The number of fused-ring (bicyclic) bond motifs is 1. The van der Waals surface area contributed by atoms with E-state index in [0.717, 1.165) is 18.4 Å². The highest BCUT2D eigenvalue weighted by molar-refractivity contribution is 7.90. The van der Waals surface area contributed by atoms with Crippen LogP contribution in [0.3, 0.4) is 0 Å². The van der Waals surface area contributed by atoms with Gasteiger partial charge in [0, 0.05) is 6.20 Å². The molecule has 90 valence electrons. The lowest BCUT2D eigenvalue weighted by Gasteiger charge is -2.02. The van der Waals surface area contributed by atoms with Crippen LogP contribution in [0.5, 0.6) is 0 Å². The smallest absolute Gasteiger partial charge is 0.214 e. The fourth-order valence-corrected chi connectivity index (χ4v) is 2.97.